The van der Waals surface area contributed by atoms with Crippen molar-refractivity contribution in [2.75, 3.05) is 31.5 Å². The molecule has 0 aliphatic carbocycles. The van der Waals surface area contributed by atoms with Gasteiger partial charge in [-0.3, -0.25) is 0 Å². The summed E-state index contributed by atoms with van der Waals surface area (Å²) in [6.07, 6.45) is -4.43. The molecule has 1 N–H and O–H groups in total. The summed E-state index contributed by atoms with van der Waals surface area (Å²) < 4.78 is 37.6. The molecule has 0 aliphatic heterocycles. The van der Waals surface area contributed by atoms with Crippen molar-refractivity contribution in [3.05, 3.63) is 29.3 Å². The van der Waals surface area contributed by atoms with Crippen LogP contribution in [0.25, 0.3) is 0 Å². The summed E-state index contributed by atoms with van der Waals surface area (Å²) in [5.74, 6) is 0. The van der Waals surface area contributed by atoms with E-state index in [1.54, 1.807) is 6.07 Å². The summed E-state index contributed by atoms with van der Waals surface area (Å²) in [6, 6.07) is 4.97. The van der Waals surface area contributed by atoms with Crippen LogP contribution in [0.2, 0.25) is 0 Å². The summed E-state index contributed by atoms with van der Waals surface area (Å²) in [5.41, 5.74) is -0.352. The molecule has 1 aromatic rings. The number of nitriles is 1. The van der Waals surface area contributed by atoms with Crippen molar-refractivity contribution in [3.8, 4) is 6.07 Å². The maximum absolute atomic E-state index is 12.5. The smallest absolute Gasteiger partial charge is 0.383 e. The zero-order chi connectivity index (χ0) is 15.2. The van der Waals surface area contributed by atoms with Crippen molar-refractivity contribution in [1.82, 2.24) is 4.90 Å². The van der Waals surface area contributed by atoms with Crippen LogP contribution in [-0.4, -0.2) is 31.1 Å². The van der Waals surface area contributed by atoms with Gasteiger partial charge >= 0.3 is 6.18 Å². The fourth-order valence-electron chi connectivity index (χ4n) is 1.86. The first-order chi connectivity index (χ1) is 9.42. The molecule has 0 aromatic heterocycles. The van der Waals surface area contributed by atoms with E-state index in [1.165, 1.54) is 6.07 Å². The maximum Gasteiger partial charge on any atom is 0.416 e. The first kappa shape index (κ1) is 16.3. The highest BCUT2D eigenvalue weighted by molar-refractivity contribution is 5.59. The molecule has 0 unspecified atom stereocenters. The summed E-state index contributed by atoms with van der Waals surface area (Å²) in [6.45, 7) is 7.28. The van der Waals surface area contributed by atoms with Gasteiger partial charge in [-0.25, -0.2) is 0 Å². The zero-order valence-corrected chi connectivity index (χ0v) is 11.6. The minimum atomic E-state index is -4.43. The van der Waals surface area contributed by atoms with Crippen LogP contribution in [0.3, 0.4) is 0 Å². The Hall–Kier alpha value is -1.74. The van der Waals surface area contributed by atoms with E-state index >= 15 is 0 Å². The van der Waals surface area contributed by atoms with Crippen molar-refractivity contribution < 1.29 is 13.2 Å². The Morgan fingerprint density at radius 3 is 2.40 bits per heavy atom. The fraction of sp³-hybridized carbons (Fsp3) is 0.500. The number of likely N-dealkylation sites (N-methyl/N-ethyl adjacent to an activating group) is 1. The SMILES string of the molecule is CCN(CC)CCNc1ccc(C(F)(F)F)cc1C#N. The molecule has 0 heterocycles. The molecule has 3 nitrogen and oxygen atoms in total. The fourth-order valence-corrected chi connectivity index (χ4v) is 1.86. The highest BCUT2D eigenvalue weighted by atomic mass is 19.4. The molecule has 0 saturated heterocycles. The molecular weight excluding hydrogens is 267 g/mol. The number of anilines is 1. The molecule has 110 valence electrons. The topological polar surface area (TPSA) is 39.1 Å². The van der Waals surface area contributed by atoms with Gasteiger partial charge in [0.15, 0.2) is 0 Å². The van der Waals surface area contributed by atoms with E-state index in [-0.39, 0.29) is 5.56 Å². The van der Waals surface area contributed by atoms with Crippen molar-refractivity contribution in [3.63, 3.8) is 0 Å². The molecule has 0 radical (unpaired) electrons. The van der Waals surface area contributed by atoms with Crippen molar-refractivity contribution in [2.45, 2.75) is 20.0 Å². The quantitative estimate of drug-likeness (QED) is 0.871. The summed E-state index contributed by atoms with van der Waals surface area (Å²) in [7, 11) is 0. The number of halogens is 3. The van der Waals surface area contributed by atoms with Crippen LogP contribution in [0.5, 0.6) is 0 Å². The molecule has 0 fully saturated rings. The van der Waals surface area contributed by atoms with Gasteiger partial charge in [0.2, 0.25) is 0 Å². The van der Waals surface area contributed by atoms with Crippen molar-refractivity contribution >= 4 is 5.69 Å². The van der Waals surface area contributed by atoms with Crippen molar-refractivity contribution in [1.29, 1.82) is 5.26 Å². The number of hydrogen-bond acceptors (Lipinski definition) is 3. The molecule has 1 aromatic carbocycles. The Labute approximate surface area is 117 Å². The molecule has 0 aliphatic rings. The van der Waals surface area contributed by atoms with Gasteiger partial charge in [-0.1, -0.05) is 13.8 Å². The lowest BCUT2D eigenvalue weighted by Crippen LogP contribution is -2.28. The Balaban J connectivity index is 2.74. The maximum atomic E-state index is 12.5. The number of hydrogen-bond donors (Lipinski definition) is 1. The third-order valence-corrected chi connectivity index (χ3v) is 3.11. The molecule has 0 saturated carbocycles. The van der Waals surface area contributed by atoms with E-state index in [9.17, 15) is 13.2 Å². The third-order valence-electron chi connectivity index (χ3n) is 3.11. The predicted octanol–water partition coefficient (Wildman–Crippen LogP) is 3.33. The number of alkyl halides is 3. The molecule has 20 heavy (non-hydrogen) atoms. The van der Waals surface area contributed by atoms with Gasteiger partial charge in [-0.2, -0.15) is 18.4 Å². The Kier molecular flexibility index (Phi) is 5.83. The minimum Gasteiger partial charge on any atom is -0.383 e. The van der Waals surface area contributed by atoms with E-state index in [0.717, 1.165) is 31.8 Å². The summed E-state index contributed by atoms with van der Waals surface area (Å²) in [4.78, 5) is 2.18. The number of benzene rings is 1. The van der Waals surface area contributed by atoms with Crippen LogP contribution in [0.4, 0.5) is 18.9 Å². The first-order valence-corrected chi connectivity index (χ1v) is 6.50. The van der Waals surface area contributed by atoms with Gasteiger partial charge in [0.25, 0.3) is 0 Å². The lowest BCUT2D eigenvalue weighted by atomic mass is 10.1. The number of nitrogens with one attached hydrogen (secondary N) is 1. The predicted molar refractivity (Wildman–Crippen MR) is 72.4 cm³/mol. The molecule has 6 heteroatoms. The lowest BCUT2D eigenvalue weighted by molar-refractivity contribution is -0.137. The summed E-state index contributed by atoms with van der Waals surface area (Å²) in [5, 5.41) is 12.0. The van der Waals surface area contributed by atoms with Crippen LogP contribution in [0, 0.1) is 11.3 Å². The van der Waals surface area contributed by atoms with Crippen LogP contribution < -0.4 is 5.32 Å². The molecule has 0 atom stereocenters. The molecular formula is C14H18F3N3. The number of nitrogens with zero attached hydrogens (tertiary/aromatic N) is 2. The highest BCUT2D eigenvalue weighted by Gasteiger charge is 2.31. The normalized spacial score (nSPS) is 11.4. The average Bonchev–Trinajstić information content (AvgIpc) is 2.42. The molecule has 0 amide bonds. The van der Waals surface area contributed by atoms with Gasteiger partial charge in [0, 0.05) is 13.1 Å². The zero-order valence-electron chi connectivity index (χ0n) is 11.6. The van der Waals surface area contributed by atoms with E-state index in [1.807, 2.05) is 13.8 Å². The second kappa shape index (κ2) is 7.15. The third kappa shape index (κ3) is 4.42. The van der Waals surface area contributed by atoms with E-state index in [0.29, 0.717) is 12.2 Å². The van der Waals surface area contributed by atoms with Gasteiger partial charge in [0.1, 0.15) is 6.07 Å². The minimum absolute atomic E-state index is 0.0133. The van der Waals surface area contributed by atoms with Crippen LogP contribution in [0.1, 0.15) is 25.0 Å². The van der Waals surface area contributed by atoms with Gasteiger partial charge < -0.3 is 10.2 Å². The second-order valence-electron chi connectivity index (χ2n) is 4.32. The monoisotopic (exact) mass is 285 g/mol. The second-order valence-corrected chi connectivity index (χ2v) is 4.32. The average molecular weight is 285 g/mol. The van der Waals surface area contributed by atoms with Crippen LogP contribution in [-0.2, 0) is 6.18 Å². The highest BCUT2D eigenvalue weighted by Crippen LogP contribution is 2.31. The molecule has 0 bridgehead atoms. The lowest BCUT2D eigenvalue weighted by Gasteiger charge is -2.19. The Bertz CT molecular complexity index is 474. The standard InChI is InChI=1S/C14H18F3N3/c1-3-20(4-2)8-7-19-13-6-5-12(14(15,16)17)9-11(13)10-18/h5-6,9,19H,3-4,7-8H2,1-2H3. The van der Waals surface area contributed by atoms with Crippen molar-refractivity contribution in [2.24, 2.45) is 0 Å². The van der Waals surface area contributed by atoms with E-state index < -0.39 is 11.7 Å². The largest absolute Gasteiger partial charge is 0.416 e. The van der Waals surface area contributed by atoms with Crippen LogP contribution in [0.15, 0.2) is 18.2 Å². The van der Waals surface area contributed by atoms with Crippen LogP contribution >= 0.6 is 0 Å². The summed E-state index contributed by atoms with van der Waals surface area (Å²) >= 11 is 0. The molecule has 0 spiro atoms. The van der Waals surface area contributed by atoms with Gasteiger partial charge in [0.05, 0.1) is 16.8 Å². The Morgan fingerprint density at radius 2 is 1.90 bits per heavy atom. The Morgan fingerprint density at radius 1 is 1.25 bits per heavy atom. The first-order valence-electron chi connectivity index (χ1n) is 6.50. The number of rotatable bonds is 6. The van der Waals surface area contributed by atoms with Gasteiger partial charge in [-0.05, 0) is 31.3 Å². The van der Waals surface area contributed by atoms with Gasteiger partial charge in [-0.15, -0.1) is 0 Å². The molecule has 1 rings (SSSR count). The van der Waals surface area contributed by atoms with E-state index in [4.69, 9.17) is 5.26 Å². The van der Waals surface area contributed by atoms with E-state index in [2.05, 4.69) is 10.2 Å².